The normalized spacial score (nSPS) is 15.0. The number of aliphatic hydroxyl groups is 2. The van der Waals surface area contributed by atoms with E-state index >= 15 is 0 Å². The maximum Gasteiger partial charge on any atom is 0.326 e. The third-order valence-electron chi connectivity index (χ3n) is 4.19. The van der Waals surface area contributed by atoms with Crippen LogP contribution in [0.2, 0.25) is 0 Å². The molecular weight excluding hydrogens is 400 g/mol. The second kappa shape index (κ2) is 11.8. The lowest BCUT2D eigenvalue weighted by Gasteiger charge is -2.26. The number of carbonyl (C=O) groups is 4. The van der Waals surface area contributed by atoms with Gasteiger partial charge in [-0.05, 0) is 5.92 Å². The molecule has 0 aliphatic heterocycles. The zero-order valence-corrected chi connectivity index (χ0v) is 16.7. The topological polar surface area (TPSA) is 220 Å². The fraction of sp³-hybridized carbons (Fsp3) is 0.588. The summed E-state index contributed by atoms with van der Waals surface area (Å²) in [6.07, 6.45) is 2.67. The van der Waals surface area contributed by atoms with Gasteiger partial charge in [-0.2, -0.15) is 0 Å². The fourth-order valence-electron chi connectivity index (χ4n) is 2.42. The molecule has 0 fully saturated rings. The van der Waals surface area contributed by atoms with Gasteiger partial charge in [0.1, 0.15) is 24.2 Å². The van der Waals surface area contributed by atoms with E-state index in [1.807, 2.05) is 0 Å². The van der Waals surface area contributed by atoms with Gasteiger partial charge in [-0.3, -0.25) is 14.4 Å². The number of amides is 3. The molecule has 0 aliphatic rings. The number of nitrogens with two attached hydrogens (primary N) is 1. The van der Waals surface area contributed by atoms with Gasteiger partial charge in [-0.1, -0.05) is 13.8 Å². The van der Waals surface area contributed by atoms with E-state index in [4.69, 9.17) is 10.8 Å². The third kappa shape index (κ3) is 7.42. The molecule has 168 valence electrons. The van der Waals surface area contributed by atoms with Gasteiger partial charge < -0.3 is 42.0 Å². The van der Waals surface area contributed by atoms with Gasteiger partial charge in [0, 0.05) is 18.3 Å². The first-order valence-electron chi connectivity index (χ1n) is 9.19. The van der Waals surface area contributed by atoms with Crippen molar-refractivity contribution in [1.29, 1.82) is 0 Å². The van der Waals surface area contributed by atoms with Crippen LogP contribution in [0.3, 0.4) is 0 Å². The summed E-state index contributed by atoms with van der Waals surface area (Å²) in [5.74, 6) is -4.18. The minimum absolute atomic E-state index is 0.0864. The van der Waals surface area contributed by atoms with E-state index in [2.05, 4.69) is 25.9 Å². The summed E-state index contributed by atoms with van der Waals surface area (Å²) >= 11 is 0. The molecule has 1 rings (SSSR count). The highest BCUT2D eigenvalue weighted by molar-refractivity contribution is 5.94. The first-order valence-corrected chi connectivity index (χ1v) is 9.19. The summed E-state index contributed by atoms with van der Waals surface area (Å²) in [7, 11) is 0. The third-order valence-corrected chi connectivity index (χ3v) is 4.19. The minimum Gasteiger partial charge on any atom is -0.480 e. The Morgan fingerprint density at radius 1 is 1.03 bits per heavy atom. The molecule has 13 heteroatoms. The molecule has 0 aliphatic carbocycles. The monoisotopic (exact) mass is 428 g/mol. The number of aliphatic hydroxyl groups excluding tert-OH is 2. The van der Waals surface area contributed by atoms with Crippen LogP contribution in [0.5, 0.6) is 0 Å². The molecule has 1 heterocycles. The van der Waals surface area contributed by atoms with Crippen molar-refractivity contribution < 1.29 is 34.5 Å². The molecule has 30 heavy (non-hydrogen) atoms. The average Bonchev–Trinajstić information content (AvgIpc) is 3.21. The summed E-state index contributed by atoms with van der Waals surface area (Å²) in [4.78, 5) is 54.7. The molecule has 0 saturated heterocycles. The van der Waals surface area contributed by atoms with E-state index in [1.54, 1.807) is 13.8 Å². The Morgan fingerprint density at radius 3 is 2.13 bits per heavy atom. The predicted molar refractivity (Wildman–Crippen MR) is 103 cm³/mol. The zero-order chi connectivity index (χ0) is 22.8. The SMILES string of the molecule is CC(C)C(NC(=O)C(N)CO)C(=O)NC(CO)C(=O)NC(Cc1cnc[nH]1)C(=O)O. The number of H-pyrrole nitrogens is 1. The number of carboxylic acids is 1. The molecule has 1 aromatic rings. The van der Waals surface area contributed by atoms with Crippen LogP contribution in [-0.2, 0) is 25.6 Å². The maximum absolute atomic E-state index is 12.5. The van der Waals surface area contributed by atoms with Gasteiger partial charge in [-0.25, -0.2) is 9.78 Å². The number of aliphatic carboxylic acids is 1. The minimum atomic E-state index is -1.45. The van der Waals surface area contributed by atoms with Gasteiger partial charge in [0.2, 0.25) is 17.7 Å². The predicted octanol–water partition coefficient (Wildman–Crippen LogP) is -3.54. The molecule has 9 N–H and O–H groups in total. The Labute approximate surface area is 172 Å². The lowest BCUT2D eigenvalue weighted by atomic mass is 10.0. The first kappa shape index (κ1) is 25.0. The van der Waals surface area contributed by atoms with Crippen molar-refractivity contribution in [3.63, 3.8) is 0 Å². The molecule has 0 radical (unpaired) electrons. The summed E-state index contributed by atoms with van der Waals surface area (Å²) in [5.41, 5.74) is 5.89. The van der Waals surface area contributed by atoms with Gasteiger partial charge in [0.25, 0.3) is 0 Å². The van der Waals surface area contributed by atoms with Crippen molar-refractivity contribution in [3.8, 4) is 0 Å². The molecule has 0 bridgehead atoms. The number of rotatable bonds is 12. The Balaban J connectivity index is 2.80. The lowest BCUT2D eigenvalue weighted by Crippen LogP contribution is -2.59. The van der Waals surface area contributed by atoms with Crippen molar-refractivity contribution in [1.82, 2.24) is 25.9 Å². The van der Waals surface area contributed by atoms with E-state index in [1.165, 1.54) is 12.5 Å². The van der Waals surface area contributed by atoms with E-state index < -0.39 is 67.0 Å². The molecule has 0 spiro atoms. The van der Waals surface area contributed by atoms with Crippen LogP contribution in [-0.4, -0.2) is 86.4 Å². The second-order valence-corrected chi connectivity index (χ2v) is 6.94. The summed E-state index contributed by atoms with van der Waals surface area (Å²) < 4.78 is 0. The molecule has 13 nitrogen and oxygen atoms in total. The molecule has 4 atom stereocenters. The Bertz CT molecular complexity index is 724. The number of imidazole rings is 1. The molecule has 0 aromatic carbocycles. The summed E-state index contributed by atoms with van der Waals surface area (Å²) in [5, 5.41) is 34.7. The van der Waals surface area contributed by atoms with Crippen molar-refractivity contribution >= 4 is 23.7 Å². The van der Waals surface area contributed by atoms with Crippen LogP contribution < -0.4 is 21.7 Å². The van der Waals surface area contributed by atoms with E-state index in [-0.39, 0.29) is 6.42 Å². The molecule has 3 amide bonds. The quantitative estimate of drug-likeness (QED) is 0.165. The number of hydrogen-bond acceptors (Lipinski definition) is 8. The largest absolute Gasteiger partial charge is 0.480 e. The van der Waals surface area contributed by atoms with E-state index in [0.29, 0.717) is 5.69 Å². The number of carbonyl (C=O) groups excluding carboxylic acids is 3. The number of hydrogen-bond donors (Lipinski definition) is 8. The van der Waals surface area contributed by atoms with E-state index in [9.17, 15) is 29.4 Å². The Morgan fingerprint density at radius 2 is 1.67 bits per heavy atom. The van der Waals surface area contributed by atoms with Gasteiger partial charge in [-0.15, -0.1) is 0 Å². The molecule has 1 aromatic heterocycles. The van der Waals surface area contributed by atoms with Gasteiger partial charge >= 0.3 is 5.97 Å². The highest BCUT2D eigenvalue weighted by Crippen LogP contribution is 2.04. The van der Waals surface area contributed by atoms with Crippen LogP contribution in [0.4, 0.5) is 0 Å². The van der Waals surface area contributed by atoms with Crippen LogP contribution in [0.25, 0.3) is 0 Å². The van der Waals surface area contributed by atoms with Gasteiger partial charge in [0.15, 0.2) is 0 Å². The highest BCUT2D eigenvalue weighted by atomic mass is 16.4. The van der Waals surface area contributed by atoms with E-state index in [0.717, 1.165) is 0 Å². The van der Waals surface area contributed by atoms with Crippen LogP contribution in [0.1, 0.15) is 19.5 Å². The van der Waals surface area contributed by atoms with Crippen LogP contribution in [0, 0.1) is 5.92 Å². The number of aromatic nitrogens is 2. The molecule has 4 unspecified atom stereocenters. The van der Waals surface area contributed by atoms with Gasteiger partial charge in [0.05, 0.1) is 19.5 Å². The summed E-state index contributed by atoms with van der Waals surface area (Å²) in [6, 6.07) is -5.11. The smallest absolute Gasteiger partial charge is 0.326 e. The van der Waals surface area contributed by atoms with Crippen LogP contribution in [0.15, 0.2) is 12.5 Å². The molecular formula is C17H28N6O7. The maximum atomic E-state index is 12.5. The Hall–Kier alpha value is -3.03. The number of carboxylic acid groups (broad SMARTS) is 1. The molecule has 0 saturated carbocycles. The lowest BCUT2D eigenvalue weighted by molar-refractivity contribution is -0.142. The van der Waals surface area contributed by atoms with Crippen molar-refractivity contribution in [2.24, 2.45) is 11.7 Å². The van der Waals surface area contributed by atoms with Crippen molar-refractivity contribution in [2.45, 2.75) is 44.4 Å². The standard InChI is InChI=1S/C17H28N6O7/c1-8(2)13(23-14(26)10(18)5-24)16(28)22-12(6-25)15(27)21-11(17(29)30)3-9-4-19-7-20-9/h4,7-8,10-13,24-25H,3,5-6,18H2,1-2H3,(H,19,20)(H,21,27)(H,22,28)(H,23,26)(H,29,30). The number of aromatic amines is 1. The van der Waals surface area contributed by atoms with Crippen molar-refractivity contribution in [2.75, 3.05) is 13.2 Å². The number of nitrogens with zero attached hydrogens (tertiary/aromatic N) is 1. The average molecular weight is 428 g/mol. The zero-order valence-electron chi connectivity index (χ0n) is 16.7. The van der Waals surface area contributed by atoms with Crippen LogP contribution >= 0.6 is 0 Å². The fourth-order valence-corrected chi connectivity index (χ4v) is 2.42. The van der Waals surface area contributed by atoms with Crippen molar-refractivity contribution in [3.05, 3.63) is 18.2 Å². The Kier molecular flexibility index (Phi) is 9.88. The summed E-state index contributed by atoms with van der Waals surface area (Å²) in [6.45, 7) is 1.84. The number of nitrogens with one attached hydrogen (secondary N) is 4. The second-order valence-electron chi connectivity index (χ2n) is 6.94. The highest BCUT2D eigenvalue weighted by Gasteiger charge is 2.31. The first-order chi connectivity index (χ1) is 14.1.